The summed E-state index contributed by atoms with van der Waals surface area (Å²) < 4.78 is 24.0. The lowest BCUT2D eigenvalue weighted by molar-refractivity contribution is -0.145. The summed E-state index contributed by atoms with van der Waals surface area (Å²) >= 11 is 0. The molecular formula is C24H18FNO3. The topological polar surface area (TPSA) is 52.3 Å². The molecule has 0 unspecified atom stereocenters. The van der Waals surface area contributed by atoms with E-state index in [2.05, 4.69) is 4.98 Å². The van der Waals surface area contributed by atoms with Crippen LogP contribution in [0.5, 0.6) is 0 Å². The summed E-state index contributed by atoms with van der Waals surface area (Å²) in [5.74, 6) is -0.879. The Morgan fingerprint density at radius 2 is 1.48 bits per heavy atom. The highest BCUT2D eigenvalue weighted by Crippen LogP contribution is 2.26. The fourth-order valence-electron chi connectivity index (χ4n) is 3.08. The van der Waals surface area contributed by atoms with Crippen molar-refractivity contribution in [2.45, 2.75) is 12.5 Å². The molecule has 0 fully saturated rings. The molecule has 0 spiro atoms. The SMILES string of the molecule is O=C(OCc1coc(-c2ccc(F)cc2)n1)C(c1ccccc1)c1ccccc1. The zero-order chi connectivity index (χ0) is 20.1. The normalized spacial score (nSPS) is 10.8. The zero-order valence-electron chi connectivity index (χ0n) is 15.5. The Hall–Kier alpha value is -3.73. The molecule has 5 heteroatoms. The Bertz CT molecular complexity index is 1040. The third kappa shape index (κ3) is 4.41. The summed E-state index contributed by atoms with van der Waals surface area (Å²) in [7, 11) is 0. The molecule has 3 aromatic carbocycles. The van der Waals surface area contributed by atoms with Gasteiger partial charge in [-0.05, 0) is 35.4 Å². The fourth-order valence-corrected chi connectivity index (χ4v) is 3.08. The standard InChI is InChI=1S/C24H18FNO3/c25-20-13-11-19(12-14-20)23-26-21(15-28-23)16-29-24(27)22(17-7-3-1-4-8-17)18-9-5-2-6-10-18/h1-15,22H,16H2. The number of carbonyl (C=O) groups excluding carboxylic acids is 1. The van der Waals surface area contributed by atoms with Gasteiger partial charge in [-0.1, -0.05) is 60.7 Å². The predicted molar refractivity (Wildman–Crippen MR) is 106 cm³/mol. The highest BCUT2D eigenvalue weighted by molar-refractivity contribution is 5.82. The first-order chi connectivity index (χ1) is 14.2. The molecule has 0 aliphatic carbocycles. The van der Waals surface area contributed by atoms with Gasteiger partial charge in [-0.25, -0.2) is 9.37 Å². The summed E-state index contributed by atoms with van der Waals surface area (Å²) in [6.45, 7) is -0.0142. The van der Waals surface area contributed by atoms with Gasteiger partial charge < -0.3 is 9.15 Å². The van der Waals surface area contributed by atoms with Crippen molar-refractivity contribution >= 4 is 5.97 Å². The summed E-state index contributed by atoms with van der Waals surface area (Å²) in [4.78, 5) is 17.2. The van der Waals surface area contributed by atoms with Gasteiger partial charge in [-0.15, -0.1) is 0 Å². The first kappa shape index (κ1) is 18.6. The molecule has 1 heterocycles. The van der Waals surface area contributed by atoms with Gasteiger partial charge in [0.1, 0.15) is 30.3 Å². The Kier molecular flexibility index (Phi) is 5.47. The second-order valence-corrected chi connectivity index (χ2v) is 6.51. The minimum absolute atomic E-state index is 0.0142. The van der Waals surface area contributed by atoms with Crippen molar-refractivity contribution < 1.29 is 18.3 Å². The minimum Gasteiger partial charge on any atom is -0.458 e. The second kappa shape index (κ2) is 8.52. The molecule has 0 radical (unpaired) electrons. The molecule has 4 nitrogen and oxygen atoms in total. The summed E-state index contributed by atoms with van der Waals surface area (Å²) in [6, 6.07) is 24.8. The van der Waals surface area contributed by atoms with Crippen molar-refractivity contribution in [2.24, 2.45) is 0 Å². The van der Waals surface area contributed by atoms with E-state index in [9.17, 15) is 9.18 Å². The fraction of sp³-hybridized carbons (Fsp3) is 0.0833. The Balaban J connectivity index is 1.49. The molecule has 1 aromatic heterocycles. The van der Waals surface area contributed by atoms with E-state index in [1.807, 2.05) is 60.7 Å². The lowest BCUT2D eigenvalue weighted by atomic mass is 9.91. The molecule has 144 valence electrons. The lowest BCUT2D eigenvalue weighted by Gasteiger charge is -2.16. The number of aromatic nitrogens is 1. The van der Waals surface area contributed by atoms with Crippen LogP contribution in [0.15, 0.2) is 95.6 Å². The van der Waals surface area contributed by atoms with Gasteiger partial charge in [-0.2, -0.15) is 0 Å². The third-order valence-corrected chi connectivity index (χ3v) is 4.51. The van der Waals surface area contributed by atoms with Gasteiger partial charge in [0.15, 0.2) is 0 Å². The summed E-state index contributed by atoms with van der Waals surface area (Å²) in [5.41, 5.74) is 2.85. The molecule has 29 heavy (non-hydrogen) atoms. The quantitative estimate of drug-likeness (QED) is 0.418. The van der Waals surface area contributed by atoms with Crippen molar-refractivity contribution in [3.05, 3.63) is 114 Å². The summed E-state index contributed by atoms with van der Waals surface area (Å²) in [5, 5.41) is 0. The van der Waals surface area contributed by atoms with Crippen LogP contribution in [0.3, 0.4) is 0 Å². The Labute approximate surface area is 167 Å². The Morgan fingerprint density at radius 1 is 0.897 bits per heavy atom. The molecular weight excluding hydrogens is 369 g/mol. The van der Waals surface area contributed by atoms with Crippen LogP contribution in [0.1, 0.15) is 22.7 Å². The first-order valence-electron chi connectivity index (χ1n) is 9.17. The number of halogens is 1. The van der Waals surface area contributed by atoms with Gasteiger partial charge in [0.25, 0.3) is 0 Å². The van der Waals surface area contributed by atoms with Gasteiger partial charge >= 0.3 is 5.97 Å². The second-order valence-electron chi connectivity index (χ2n) is 6.51. The number of ether oxygens (including phenoxy) is 1. The number of hydrogen-bond donors (Lipinski definition) is 0. The smallest absolute Gasteiger partial charge is 0.318 e. The molecule has 4 aromatic rings. The molecule has 0 bridgehead atoms. The minimum atomic E-state index is -0.527. The predicted octanol–water partition coefficient (Wildman–Crippen LogP) is 5.36. The van der Waals surface area contributed by atoms with Crippen LogP contribution in [0.4, 0.5) is 4.39 Å². The lowest BCUT2D eigenvalue weighted by Crippen LogP contribution is -2.17. The van der Waals surface area contributed by atoms with E-state index in [0.717, 1.165) is 11.1 Å². The number of esters is 1. The maximum atomic E-state index is 13.1. The van der Waals surface area contributed by atoms with Crippen molar-refractivity contribution in [3.63, 3.8) is 0 Å². The molecule has 0 aliphatic heterocycles. The molecule has 4 rings (SSSR count). The largest absolute Gasteiger partial charge is 0.458 e. The highest BCUT2D eigenvalue weighted by Gasteiger charge is 2.24. The van der Waals surface area contributed by atoms with Crippen LogP contribution in [0.25, 0.3) is 11.5 Å². The zero-order valence-corrected chi connectivity index (χ0v) is 15.5. The monoisotopic (exact) mass is 387 g/mol. The van der Waals surface area contributed by atoms with E-state index in [1.54, 1.807) is 12.1 Å². The number of benzene rings is 3. The Morgan fingerprint density at radius 3 is 2.07 bits per heavy atom. The molecule has 0 aliphatic rings. The average molecular weight is 387 g/mol. The van der Waals surface area contributed by atoms with E-state index < -0.39 is 5.92 Å². The number of hydrogen-bond acceptors (Lipinski definition) is 4. The molecule has 0 N–H and O–H groups in total. The van der Waals surface area contributed by atoms with Crippen LogP contribution in [-0.4, -0.2) is 11.0 Å². The van der Waals surface area contributed by atoms with Crippen LogP contribution < -0.4 is 0 Å². The van der Waals surface area contributed by atoms with Crippen molar-refractivity contribution in [1.29, 1.82) is 0 Å². The number of nitrogens with zero attached hydrogens (tertiary/aromatic N) is 1. The van der Waals surface area contributed by atoms with Crippen LogP contribution >= 0.6 is 0 Å². The number of oxazole rings is 1. The van der Waals surface area contributed by atoms with Gasteiger partial charge in [0, 0.05) is 5.56 Å². The van der Waals surface area contributed by atoms with E-state index in [1.165, 1.54) is 18.4 Å². The number of rotatable bonds is 6. The van der Waals surface area contributed by atoms with Crippen LogP contribution in [0, 0.1) is 5.82 Å². The third-order valence-electron chi connectivity index (χ3n) is 4.51. The highest BCUT2D eigenvalue weighted by atomic mass is 19.1. The van der Waals surface area contributed by atoms with Gasteiger partial charge in [-0.3, -0.25) is 4.79 Å². The average Bonchev–Trinajstić information content (AvgIpc) is 3.24. The summed E-state index contributed by atoms with van der Waals surface area (Å²) in [6.07, 6.45) is 1.44. The van der Waals surface area contributed by atoms with E-state index >= 15 is 0 Å². The van der Waals surface area contributed by atoms with Crippen molar-refractivity contribution in [1.82, 2.24) is 4.98 Å². The van der Waals surface area contributed by atoms with Crippen molar-refractivity contribution in [2.75, 3.05) is 0 Å². The molecule has 0 saturated heterocycles. The van der Waals surface area contributed by atoms with Crippen LogP contribution in [0.2, 0.25) is 0 Å². The number of carbonyl (C=O) groups is 1. The molecule has 0 amide bonds. The molecule has 0 atom stereocenters. The first-order valence-corrected chi connectivity index (χ1v) is 9.17. The molecule has 0 saturated carbocycles. The maximum absolute atomic E-state index is 13.1. The van der Waals surface area contributed by atoms with Gasteiger partial charge in [0.05, 0.1) is 0 Å². The van der Waals surface area contributed by atoms with E-state index in [4.69, 9.17) is 9.15 Å². The van der Waals surface area contributed by atoms with E-state index in [-0.39, 0.29) is 18.4 Å². The van der Waals surface area contributed by atoms with E-state index in [0.29, 0.717) is 17.1 Å². The van der Waals surface area contributed by atoms with Gasteiger partial charge in [0.2, 0.25) is 5.89 Å². The van der Waals surface area contributed by atoms with Crippen molar-refractivity contribution in [3.8, 4) is 11.5 Å². The van der Waals surface area contributed by atoms with Crippen LogP contribution in [-0.2, 0) is 16.1 Å². The maximum Gasteiger partial charge on any atom is 0.318 e.